The Labute approximate surface area is 246 Å². The van der Waals surface area contributed by atoms with E-state index in [9.17, 15) is 18.5 Å². The summed E-state index contributed by atoms with van der Waals surface area (Å²) < 4.78 is 28.9. The fourth-order valence-electron chi connectivity index (χ4n) is 5.24. The van der Waals surface area contributed by atoms with Crippen LogP contribution in [0.5, 0.6) is 0 Å². The summed E-state index contributed by atoms with van der Waals surface area (Å²) in [6.45, 7) is 5.42. The van der Waals surface area contributed by atoms with Gasteiger partial charge >= 0.3 is 0 Å². The third kappa shape index (κ3) is 14.8. The van der Waals surface area contributed by atoms with Crippen LogP contribution in [-0.2, 0) is 10.0 Å². The average molecular weight is 582 g/mol. The molecule has 0 saturated heterocycles. The van der Waals surface area contributed by atoms with Crippen LogP contribution in [0.4, 0.5) is 11.4 Å². The summed E-state index contributed by atoms with van der Waals surface area (Å²) >= 11 is 0. The summed E-state index contributed by atoms with van der Waals surface area (Å²) in [7, 11) is -0.367. The second kappa shape index (κ2) is 22.0. The molecule has 0 aromatic heterocycles. The first-order chi connectivity index (χ1) is 19.3. The number of anilines is 1. The van der Waals surface area contributed by atoms with Crippen LogP contribution in [0.2, 0.25) is 0 Å². The van der Waals surface area contributed by atoms with Gasteiger partial charge in [0.1, 0.15) is 5.69 Å². The van der Waals surface area contributed by atoms with Gasteiger partial charge in [0.05, 0.1) is 9.82 Å². The molecule has 0 fully saturated rings. The molecule has 0 amide bonds. The highest BCUT2D eigenvalue weighted by Gasteiger charge is 2.27. The molecule has 0 N–H and O–H groups in total. The van der Waals surface area contributed by atoms with E-state index < -0.39 is 14.9 Å². The Morgan fingerprint density at radius 1 is 0.650 bits per heavy atom. The molecule has 0 heterocycles. The summed E-state index contributed by atoms with van der Waals surface area (Å²) in [5.74, 6) is 0. The SMILES string of the molecule is CCCCCCCCCCCCN(CCCCCCCCCCCC)S(=O)(=O)c1ccc(N(C)C)c([N+](=O)[O-])c1. The van der Waals surface area contributed by atoms with Crippen LogP contribution in [0.1, 0.15) is 142 Å². The predicted molar refractivity (Wildman–Crippen MR) is 170 cm³/mol. The number of rotatable bonds is 26. The van der Waals surface area contributed by atoms with E-state index in [2.05, 4.69) is 13.8 Å². The topological polar surface area (TPSA) is 83.8 Å². The van der Waals surface area contributed by atoms with Crippen LogP contribution in [0.15, 0.2) is 23.1 Å². The zero-order chi connectivity index (χ0) is 29.6. The third-order valence-corrected chi connectivity index (χ3v) is 9.68. The van der Waals surface area contributed by atoms with Gasteiger partial charge in [0, 0.05) is 33.3 Å². The summed E-state index contributed by atoms with van der Waals surface area (Å²) in [6, 6.07) is 4.29. The van der Waals surface area contributed by atoms with Gasteiger partial charge in [0.25, 0.3) is 5.69 Å². The third-order valence-electron chi connectivity index (χ3n) is 7.79. The van der Waals surface area contributed by atoms with Crippen LogP contribution in [-0.4, -0.2) is 44.8 Å². The molecule has 1 rings (SSSR count). The standard InChI is InChI=1S/C32H59N3O4S/c1-5-7-9-11-13-15-17-19-21-23-27-34(28-24-22-20-18-16-14-12-10-8-6-2)40(38,39)30-25-26-31(33(3)4)32(29-30)35(36)37/h25-26,29H,5-24,27-28H2,1-4H3. The molecular weight excluding hydrogens is 522 g/mol. The Kier molecular flexibility index (Phi) is 20.0. The van der Waals surface area contributed by atoms with E-state index >= 15 is 0 Å². The molecular formula is C32H59N3O4S. The first-order valence-electron chi connectivity index (χ1n) is 16.2. The Hall–Kier alpha value is -1.67. The molecule has 0 radical (unpaired) electrons. The summed E-state index contributed by atoms with van der Waals surface area (Å²) in [5.41, 5.74) is 0.226. The lowest BCUT2D eigenvalue weighted by molar-refractivity contribution is -0.384. The van der Waals surface area contributed by atoms with Gasteiger partial charge in [-0.1, -0.05) is 129 Å². The van der Waals surface area contributed by atoms with Crippen LogP contribution in [0, 0.1) is 10.1 Å². The van der Waals surface area contributed by atoms with E-state index in [1.54, 1.807) is 29.4 Å². The summed E-state index contributed by atoms with van der Waals surface area (Å²) in [4.78, 5) is 12.8. The number of nitro benzene ring substituents is 1. The Balaban J connectivity index is 2.69. The molecule has 8 heteroatoms. The maximum atomic E-state index is 13.7. The summed E-state index contributed by atoms with van der Waals surface area (Å²) in [6.07, 6.45) is 23.9. The smallest absolute Gasteiger partial charge is 0.293 e. The predicted octanol–water partition coefficient (Wildman–Crippen LogP) is 9.49. The van der Waals surface area contributed by atoms with Gasteiger partial charge in [0.2, 0.25) is 10.0 Å². The Morgan fingerprint density at radius 2 is 1.02 bits per heavy atom. The molecule has 0 bridgehead atoms. The quantitative estimate of drug-likeness (QED) is 0.0618. The van der Waals surface area contributed by atoms with Crippen LogP contribution in [0.25, 0.3) is 0 Å². The van der Waals surface area contributed by atoms with Gasteiger partial charge in [-0.15, -0.1) is 0 Å². The number of sulfonamides is 1. The highest BCUT2D eigenvalue weighted by Crippen LogP contribution is 2.31. The van der Waals surface area contributed by atoms with Crippen molar-refractivity contribution in [2.24, 2.45) is 0 Å². The highest BCUT2D eigenvalue weighted by molar-refractivity contribution is 7.89. The molecule has 0 aliphatic carbocycles. The number of nitrogens with zero attached hydrogens (tertiary/aromatic N) is 3. The van der Waals surface area contributed by atoms with E-state index in [0.29, 0.717) is 18.8 Å². The van der Waals surface area contributed by atoms with Crippen LogP contribution in [0.3, 0.4) is 0 Å². The fraction of sp³-hybridized carbons (Fsp3) is 0.812. The van der Waals surface area contributed by atoms with Crippen molar-refractivity contribution in [2.75, 3.05) is 32.1 Å². The van der Waals surface area contributed by atoms with Crippen molar-refractivity contribution in [2.45, 2.75) is 147 Å². The molecule has 0 saturated carbocycles. The molecule has 1 aromatic rings. The van der Waals surface area contributed by atoms with E-state index in [1.807, 2.05) is 0 Å². The van der Waals surface area contributed by atoms with Crippen LogP contribution < -0.4 is 4.90 Å². The number of benzene rings is 1. The highest BCUT2D eigenvalue weighted by atomic mass is 32.2. The maximum absolute atomic E-state index is 13.7. The molecule has 0 unspecified atom stereocenters. The van der Waals surface area contributed by atoms with Gasteiger partial charge < -0.3 is 4.90 Å². The minimum absolute atomic E-state index is 0.0176. The first-order valence-corrected chi connectivity index (χ1v) is 17.7. The lowest BCUT2D eigenvalue weighted by Crippen LogP contribution is -2.33. The molecule has 0 aliphatic heterocycles. The van der Waals surface area contributed by atoms with Gasteiger partial charge in [-0.3, -0.25) is 10.1 Å². The molecule has 1 aromatic carbocycles. The second-order valence-corrected chi connectivity index (χ2v) is 13.5. The molecule has 0 atom stereocenters. The van der Waals surface area contributed by atoms with Crippen LogP contribution >= 0.6 is 0 Å². The Morgan fingerprint density at radius 3 is 1.38 bits per heavy atom. The first kappa shape index (κ1) is 36.4. The minimum Gasteiger partial charge on any atom is -0.372 e. The number of hydrogen-bond donors (Lipinski definition) is 0. The number of hydrogen-bond acceptors (Lipinski definition) is 5. The van der Waals surface area contributed by atoms with E-state index in [4.69, 9.17) is 0 Å². The monoisotopic (exact) mass is 581 g/mol. The fourth-order valence-corrected chi connectivity index (χ4v) is 6.78. The van der Waals surface area contributed by atoms with Crippen molar-refractivity contribution >= 4 is 21.4 Å². The minimum atomic E-state index is -3.81. The molecule has 40 heavy (non-hydrogen) atoms. The normalized spacial score (nSPS) is 11.8. The number of unbranched alkanes of at least 4 members (excludes halogenated alkanes) is 18. The van der Waals surface area contributed by atoms with Crippen molar-refractivity contribution in [3.05, 3.63) is 28.3 Å². The van der Waals surface area contributed by atoms with Crippen molar-refractivity contribution < 1.29 is 13.3 Å². The van der Waals surface area contributed by atoms with E-state index in [-0.39, 0.29) is 10.6 Å². The zero-order valence-electron chi connectivity index (χ0n) is 26.2. The van der Waals surface area contributed by atoms with Gasteiger partial charge in [-0.2, -0.15) is 4.31 Å². The second-order valence-electron chi connectivity index (χ2n) is 11.6. The lowest BCUT2D eigenvalue weighted by atomic mass is 10.1. The molecule has 232 valence electrons. The maximum Gasteiger partial charge on any atom is 0.293 e. The average Bonchev–Trinajstić information content (AvgIpc) is 2.93. The molecule has 7 nitrogen and oxygen atoms in total. The largest absolute Gasteiger partial charge is 0.372 e. The number of nitro groups is 1. The van der Waals surface area contributed by atoms with E-state index in [1.165, 1.54) is 102 Å². The van der Waals surface area contributed by atoms with Gasteiger partial charge in [-0.05, 0) is 25.0 Å². The van der Waals surface area contributed by atoms with E-state index in [0.717, 1.165) is 38.5 Å². The van der Waals surface area contributed by atoms with Crippen molar-refractivity contribution in [3.8, 4) is 0 Å². The Bertz CT molecular complexity index is 881. The zero-order valence-corrected chi connectivity index (χ0v) is 27.0. The van der Waals surface area contributed by atoms with Crippen molar-refractivity contribution in [3.63, 3.8) is 0 Å². The van der Waals surface area contributed by atoms with Crippen molar-refractivity contribution in [1.29, 1.82) is 0 Å². The molecule has 0 spiro atoms. The molecule has 0 aliphatic rings. The lowest BCUT2D eigenvalue weighted by Gasteiger charge is -2.23. The van der Waals surface area contributed by atoms with Gasteiger partial charge in [0.15, 0.2) is 0 Å². The van der Waals surface area contributed by atoms with Gasteiger partial charge in [-0.25, -0.2) is 8.42 Å². The summed E-state index contributed by atoms with van der Waals surface area (Å²) in [5, 5.41) is 11.7. The van der Waals surface area contributed by atoms with Crippen molar-refractivity contribution in [1.82, 2.24) is 4.31 Å².